The van der Waals surface area contributed by atoms with Crippen LogP contribution in [0.4, 0.5) is 4.39 Å². The van der Waals surface area contributed by atoms with Gasteiger partial charge in [-0.05, 0) is 34.5 Å². The fourth-order valence-electron chi connectivity index (χ4n) is 0.901. The van der Waals surface area contributed by atoms with Crippen molar-refractivity contribution in [3.05, 3.63) is 28.5 Å². The van der Waals surface area contributed by atoms with Crippen LogP contribution in [0.15, 0.2) is 22.7 Å². The van der Waals surface area contributed by atoms with Gasteiger partial charge >= 0.3 is 0 Å². The Morgan fingerprint density at radius 2 is 2.23 bits per heavy atom. The lowest BCUT2D eigenvalue weighted by atomic mass is 10.3. The van der Waals surface area contributed by atoms with E-state index in [0.29, 0.717) is 16.8 Å². The van der Waals surface area contributed by atoms with Crippen LogP contribution < -0.4 is 4.74 Å². The lowest BCUT2D eigenvalue weighted by Crippen LogP contribution is -1.96. The molecular formula is C10H12BrFO. The van der Waals surface area contributed by atoms with E-state index in [4.69, 9.17) is 4.74 Å². The number of benzene rings is 1. The van der Waals surface area contributed by atoms with Crippen molar-refractivity contribution in [3.63, 3.8) is 0 Å². The van der Waals surface area contributed by atoms with Crippen molar-refractivity contribution in [1.29, 1.82) is 0 Å². The number of hydrogen-bond donors (Lipinski definition) is 0. The third-order valence-electron chi connectivity index (χ3n) is 1.66. The van der Waals surface area contributed by atoms with Crippen LogP contribution >= 0.6 is 15.9 Å². The summed E-state index contributed by atoms with van der Waals surface area (Å²) in [6.07, 6.45) is 2.08. The molecule has 0 fully saturated rings. The summed E-state index contributed by atoms with van der Waals surface area (Å²) in [5, 5.41) is 0. The molecule has 0 radical (unpaired) electrons. The van der Waals surface area contributed by atoms with E-state index in [1.807, 2.05) is 0 Å². The van der Waals surface area contributed by atoms with Crippen LogP contribution in [0.2, 0.25) is 0 Å². The van der Waals surface area contributed by atoms with Gasteiger partial charge in [0.15, 0.2) is 0 Å². The fourth-order valence-corrected chi connectivity index (χ4v) is 1.15. The molecule has 0 bridgehead atoms. The Morgan fingerprint density at radius 3 is 2.85 bits per heavy atom. The van der Waals surface area contributed by atoms with Crippen LogP contribution in [-0.4, -0.2) is 6.61 Å². The molecule has 0 N–H and O–H groups in total. The van der Waals surface area contributed by atoms with Crippen molar-refractivity contribution in [1.82, 2.24) is 0 Å². The molecule has 72 valence electrons. The number of ether oxygens (including phenoxy) is 1. The molecule has 0 aliphatic heterocycles. The molecular weight excluding hydrogens is 235 g/mol. The average molecular weight is 247 g/mol. The van der Waals surface area contributed by atoms with Crippen molar-refractivity contribution in [2.45, 2.75) is 19.8 Å². The third-order valence-corrected chi connectivity index (χ3v) is 2.30. The van der Waals surface area contributed by atoms with Gasteiger partial charge in [0.1, 0.15) is 11.6 Å². The second-order valence-corrected chi connectivity index (χ2v) is 3.63. The second-order valence-electron chi connectivity index (χ2n) is 2.78. The first-order valence-corrected chi connectivity index (χ1v) is 5.11. The average Bonchev–Trinajstić information content (AvgIpc) is 2.12. The van der Waals surface area contributed by atoms with Gasteiger partial charge in [0.05, 0.1) is 11.1 Å². The minimum absolute atomic E-state index is 0.283. The van der Waals surface area contributed by atoms with E-state index in [0.717, 1.165) is 12.8 Å². The highest BCUT2D eigenvalue weighted by Gasteiger charge is 2.00. The summed E-state index contributed by atoms with van der Waals surface area (Å²) in [5.74, 6) is 0.308. The maximum atomic E-state index is 13.0. The summed E-state index contributed by atoms with van der Waals surface area (Å²) < 4.78 is 18.8. The first kappa shape index (κ1) is 10.5. The standard InChI is InChI=1S/C10H12BrFO/c1-2-3-6-13-8-4-5-9(11)10(12)7-8/h4-5,7H,2-3,6H2,1H3. The molecule has 1 nitrogen and oxygen atoms in total. The highest BCUT2D eigenvalue weighted by molar-refractivity contribution is 9.10. The molecule has 1 rings (SSSR count). The monoisotopic (exact) mass is 246 g/mol. The zero-order chi connectivity index (χ0) is 9.68. The first-order valence-electron chi connectivity index (χ1n) is 4.32. The highest BCUT2D eigenvalue weighted by Crippen LogP contribution is 2.20. The Hall–Kier alpha value is -0.570. The highest BCUT2D eigenvalue weighted by atomic mass is 79.9. The topological polar surface area (TPSA) is 9.23 Å². The van der Waals surface area contributed by atoms with E-state index >= 15 is 0 Å². The molecule has 0 spiro atoms. The normalized spacial score (nSPS) is 10.1. The smallest absolute Gasteiger partial charge is 0.141 e. The number of rotatable bonds is 4. The van der Waals surface area contributed by atoms with Crippen LogP contribution in [0.3, 0.4) is 0 Å². The molecule has 0 aromatic heterocycles. The molecule has 0 aliphatic carbocycles. The zero-order valence-electron chi connectivity index (χ0n) is 7.52. The van der Waals surface area contributed by atoms with Gasteiger partial charge in [-0.1, -0.05) is 13.3 Å². The SMILES string of the molecule is CCCCOc1ccc(Br)c(F)c1. The summed E-state index contributed by atoms with van der Waals surface area (Å²) in [6.45, 7) is 2.74. The Balaban J connectivity index is 2.53. The van der Waals surface area contributed by atoms with Gasteiger partial charge in [-0.3, -0.25) is 0 Å². The summed E-state index contributed by atoms with van der Waals surface area (Å²) >= 11 is 3.08. The first-order chi connectivity index (χ1) is 6.24. The summed E-state index contributed by atoms with van der Waals surface area (Å²) in [5.41, 5.74) is 0. The molecule has 13 heavy (non-hydrogen) atoms. The summed E-state index contributed by atoms with van der Waals surface area (Å²) in [7, 11) is 0. The molecule has 0 saturated carbocycles. The van der Waals surface area contributed by atoms with Gasteiger partial charge in [0.25, 0.3) is 0 Å². The lowest BCUT2D eigenvalue weighted by molar-refractivity contribution is 0.307. The molecule has 0 atom stereocenters. The van der Waals surface area contributed by atoms with E-state index in [1.54, 1.807) is 12.1 Å². The predicted molar refractivity (Wildman–Crippen MR) is 54.5 cm³/mol. The maximum Gasteiger partial charge on any atom is 0.141 e. The van der Waals surface area contributed by atoms with Crippen molar-refractivity contribution in [3.8, 4) is 5.75 Å². The largest absolute Gasteiger partial charge is 0.493 e. The third kappa shape index (κ3) is 3.35. The molecule has 0 saturated heterocycles. The van der Waals surface area contributed by atoms with Crippen LogP contribution in [0, 0.1) is 5.82 Å². The quantitative estimate of drug-likeness (QED) is 0.736. The van der Waals surface area contributed by atoms with Gasteiger partial charge in [0, 0.05) is 6.07 Å². The lowest BCUT2D eigenvalue weighted by Gasteiger charge is -2.05. The predicted octanol–water partition coefficient (Wildman–Crippen LogP) is 3.77. The summed E-state index contributed by atoms with van der Waals surface area (Å²) in [6, 6.07) is 4.79. The van der Waals surface area contributed by atoms with Crippen molar-refractivity contribution >= 4 is 15.9 Å². The minimum atomic E-state index is -0.283. The maximum absolute atomic E-state index is 13.0. The molecule has 0 amide bonds. The van der Waals surface area contributed by atoms with Crippen molar-refractivity contribution in [2.75, 3.05) is 6.61 Å². The van der Waals surface area contributed by atoms with E-state index < -0.39 is 0 Å². The van der Waals surface area contributed by atoms with Crippen LogP contribution in [-0.2, 0) is 0 Å². The number of halogens is 2. The van der Waals surface area contributed by atoms with E-state index in [1.165, 1.54) is 6.07 Å². The Bertz CT molecular complexity index is 276. The van der Waals surface area contributed by atoms with Crippen molar-refractivity contribution in [2.24, 2.45) is 0 Å². The number of hydrogen-bond acceptors (Lipinski definition) is 1. The Morgan fingerprint density at radius 1 is 1.46 bits per heavy atom. The van der Waals surface area contributed by atoms with Crippen LogP contribution in [0.5, 0.6) is 5.75 Å². The molecule has 0 heterocycles. The Kier molecular flexibility index (Phi) is 4.22. The second kappa shape index (κ2) is 5.22. The summed E-state index contributed by atoms with van der Waals surface area (Å²) in [4.78, 5) is 0. The zero-order valence-corrected chi connectivity index (χ0v) is 9.10. The van der Waals surface area contributed by atoms with Gasteiger partial charge in [-0.2, -0.15) is 0 Å². The molecule has 3 heteroatoms. The molecule has 0 unspecified atom stereocenters. The van der Waals surface area contributed by atoms with Gasteiger partial charge in [0.2, 0.25) is 0 Å². The van der Waals surface area contributed by atoms with Crippen molar-refractivity contribution < 1.29 is 9.13 Å². The fraction of sp³-hybridized carbons (Fsp3) is 0.400. The van der Waals surface area contributed by atoms with E-state index in [-0.39, 0.29) is 5.82 Å². The van der Waals surface area contributed by atoms with E-state index in [9.17, 15) is 4.39 Å². The molecule has 0 aliphatic rings. The van der Waals surface area contributed by atoms with E-state index in [2.05, 4.69) is 22.9 Å². The van der Waals surface area contributed by atoms with Crippen LogP contribution in [0.25, 0.3) is 0 Å². The molecule has 1 aromatic rings. The van der Waals surface area contributed by atoms with Gasteiger partial charge < -0.3 is 4.74 Å². The van der Waals surface area contributed by atoms with Gasteiger partial charge in [-0.15, -0.1) is 0 Å². The Labute approximate surface area is 86.0 Å². The van der Waals surface area contributed by atoms with Crippen LogP contribution in [0.1, 0.15) is 19.8 Å². The molecule has 1 aromatic carbocycles. The minimum Gasteiger partial charge on any atom is -0.493 e. The number of unbranched alkanes of at least 4 members (excludes halogenated alkanes) is 1. The van der Waals surface area contributed by atoms with Gasteiger partial charge in [-0.25, -0.2) is 4.39 Å².